The van der Waals surface area contributed by atoms with E-state index in [2.05, 4.69) is 56.0 Å². The van der Waals surface area contributed by atoms with Crippen molar-refractivity contribution in [2.24, 2.45) is 11.3 Å². The van der Waals surface area contributed by atoms with Crippen molar-refractivity contribution in [3.8, 4) is 0 Å². The maximum absolute atomic E-state index is 3.28. The van der Waals surface area contributed by atoms with E-state index in [1.807, 2.05) is 6.08 Å². The van der Waals surface area contributed by atoms with Crippen LogP contribution in [0.1, 0.15) is 64.7 Å². The first-order chi connectivity index (χ1) is 11.0. The van der Waals surface area contributed by atoms with Crippen LogP contribution in [0, 0.1) is 11.3 Å². The Labute approximate surface area is 142 Å². The van der Waals surface area contributed by atoms with Gasteiger partial charge in [0.15, 0.2) is 0 Å². The van der Waals surface area contributed by atoms with Gasteiger partial charge >= 0.3 is 0 Å². The third-order valence-electron chi connectivity index (χ3n) is 6.94. The van der Waals surface area contributed by atoms with Crippen LogP contribution in [0.2, 0.25) is 0 Å². The Balaban J connectivity index is 1.70. The average molecular weight is 312 g/mol. The first-order valence-corrected chi connectivity index (χ1v) is 9.50. The lowest BCUT2D eigenvalue weighted by molar-refractivity contribution is 0.0113. The van der Waals surface area contributed by atoms with Crippen LogP contribution in [-0.2, 0) is 0 Å². The molecule has 0 unspecified atom stereocenters. The number of hydrogen-bond donors (Lipinski definition) is 0. The second kappa shape index (κ2) is 6.83. The minimum Gasteiger partial charge on any atom is -0.303 e. The van der Waals surface area contributed by atoms with Gasteiger partial charge in [-0.1, -0.05) is 38.0 Å². The molecule has 1 spiro atoms. The Morgan fingerprint density at radius 1 is 1.04 bits per heavy atom. The lowest BCUT2D eigenvalue weighted by Gasteiger charge is -2.52. The highest BCUT2D eigenvalue weighted by molar-refractivity contribution is 5.30. The van der Waals surface area contributed by atoms with E-state index in [1.54, 1.807) is 0 Å². The molecule has 0 bridgehead atoms. The molecule has 23 heavy (non-hydrogen) atoms. The Hall–Kier alpha value is -1.04. The molecule has 0 atom stereocenters. The van der Waals surface area contributed by atoms with Crippen molar-refractivity contribution in [2.75, 3.05) is 14.1 Å². The molecule has 0 amide bonds. The molecule has 0 aromatic rings. The molecule has 2 fully saturated rings. The second-order valence-corrected chi connectivity index (χ2v) is 8.58. The standard InChI is InChI=1S/C22H33N/c1-19-10-12-21(13-11-19)14-16-22(17-15-21,23(2)3)18-20-8-6-4-5-7-9-20/h4-6,8-9,19H,10-18H2,1-3H3. The van der Waals surface area contributed by atoms with Crippen molar-refractivity contribution in [3.05, 3.63) is 41.7 Å². The molecule has 3 aliphatic carbocycles. The average Bonchev–Trinajstić information content (AvgIpc) is 2.81. The van der Waals surface area contributed by atoms with E-state index in [1.165, 1.54) is 56.9 Å². The summed E-state index contributed by atoms with van der Waals surface area (Å²) in [5.41, 5.74) is 5.73. The van der Waals surface area contributed by atoms with Crippen molar-refractivity contribution in [3.63, 3.8) is 0 Å². The summed E-state index contributed by atoms with van der Waals surface area (Å²) in [5.74, 6) is 0.959. The lowest BCUT2D eigenvalue weighted by Crippen LogP contribution is -2.50. The van der Waals surface area contributed by atoms with E-state index < -0.39 is 0 Å². The summed E-state index contributed by atoms with van der Waals surface area (Å²) in [5, 5.41) is 0. The zero-order valence-electron chi connectivity index (χ0n) is 15.3. The molecule has 0 heterocycles. The minimum absolute atomic E-state index is 0.344. The summed E-state index contributed by atoms with van der Waals surface area (Å²) in [6.45, 7) is 2.44. The Kier molecular flexibility index (Phi) is 4.99. The molecule has 0 aromatic carbocycles. The Bertz CT molecular complexity index is 524. The van der Waals surface area contributed by atoms with Gasteiger partial charge in [-0.05, 0) is 88.1 Å². The molecule has 126 valence electrons. The molecule has 3 rings (SSSR count). The van der Waals surface area contributed by atoms with Gasteiger partial charge in [-0.2, -0.15) is 0 Å². The van der Waals surface area contributed by atoms with E-state index in [0.717, 1.165) is 12.3 Å². The maximum atomic E-state index is 3.28. The first-order valence-electron chi connectivity index (χ1n) is 9.50. The zero-order chi connectivity index (χ0) is 16.3. The van der Waals surface area contributed by atoms with E-state index in [0.29, 0.717) is 11.0 Å². The van der Waals surface area contributed by atoms with Gasteiger partial charge in [-0.25, -0.2) is 0 Å². The van der Waals surface area contributed by atoms with Crippen LogP contribution in [-0.4, -0.2) is 24.5 Å². The monoisotopic (exact) mass is 311 g/mol. The number of rotatable bonds is 3. The summed E-state index contributed by atoms with van der Waals surface area (Å²) < 4.78 is 0. The van der Waals surface area contributed by atoms with Crippen LogP contribution in [0.5, 0.6) is 0 Å². The highest BCUT2D eigenvalue weighted by Gasteiger charge is 2.44. The van der Waals surface area contributed by atoms with Crippen LogP contribution >= 0.6 is 0 Å². The van der Waals surface area contributed by atoms with Gasteiger partial charge in [0, 0.05) is 5.54 Å². The quantitative estimate of drug-likeness (QED) is 0.608. The topological polar surface area (TPSA) is 3.24 Å². The molecule has 1 nitrogen and oxygen atoms in total. The summed E-state index contributed by atoms with van der Waals surface area (Å²) >= 11 is 0. The summed E-state index contributed by atoms with van der Waals surface area (Å²) in [7, 11) is 4.57. The van der Waals surface area contributed by atoms with Crippen LogP contribution in [0.25, 0.3) is 0 Å². The van der Waals surface area contributed by atoms with E-state index in [9.17, 15) is 0 Å². The van der Waals surface area contributed by atoms with E-state index >= 15 is 0 Å². The SMILES string of the molecule is CC1CCC2(CC1)CCC(CC1=CC=CC=C=C1)(N(C)C)CC2. The molecule has 3 aliphatic rings. The van der Waals surface area contributed by atoms with Gasteiger partial charge in [0.1, 0.15) is 0 Å². The first kappa shape index (κ1) is 16.8. The van der Waals surface area contributed by atoms with Crippen molar-refractivity contribution >= 4 is 0 Å². The van der Waals surface area contributed by atoms with Crippen molar-refractivity contribution in [2.45, 2.75) is 70.3 Å². The predicted molar refractivity (Wildman–Crippen MR) is 99.4 cm³/mol. The van der Waals surface area contributed by atoms with Gasteiger partial charge in [-0.15, -0.1) is 5.73 Å². The van der Waals surface area contributed by atoms with Gasteiger partial charge in [0.25, 0.3) is 0 Å². The third-order valence-corrected chi connectivity index (χ3v) is 6.94. The fourth-order valence-electron chi connectivity index (χ4n) is 4.89. The molecule has 0 radical (unpaired) electrons. The fourth-order valence-corrected chi connectivity index (χ4v) is 4.89. The van der Waals surface area contributed by atoms with Gasteiger partial charge < -0.3 is 4.90 Å². The second-order valence-electron chi connectivity index (χ2n) is 8.58. The van der Waals surface area contributed by atoms with Gasteiger partial charge in [-0.3, -0.25) is 0 Å². The molecule has 0 aromatic heterocycles. The smallest absolute Gasteiger partial charge is 0.0244 e. The molecular formula is C22H33N. The number of allylic oxidation sites excluding steroid dienone is 4. The Morgan fingerprint density at radius 2 is 1.74 bits per heavy atom. The predicted octanol–water partition coefficient (Wildman–Crippen LogP) is 5.65. The van der Waals surface area contributed by atoms with E-state index in [4.69, 9.17) is 0 Å². The molecule has 0 aliphatic heterocycles. The highest BCUT2D eigenvalue weighted by Crippen LogP contribution is 2.53. The minimum atomic E-state index is 0.344. The van der Waals surface area contributed by atoms with Crippen LogP contribution in [0.15, 0.2) is 41.7 Å². The lowest BCUT2D eigenvalue weighted by atomic mass is 9.59. The van der Waals surface area contributed by atoms with Crippen LogP contribution < -0.4 is 0 Å². The van der Waals surface area contributed by atoms with Crippen LogP contribution in [0.3, 0.4) is 0 Å². The largest absolute Gasteiger partial charge is 0.303 e. The molecule has 0 saturated heterocycles. The number of hydrogen-bond acceptors (Lipinski definition) is 1. The Morgan fingerprint density at radius 3 is 2.39 bits per heavy atom. The zero-order valence-corrected chi connectivity index (χ0v) is 15.3. The van der Waals surface area contributed by atoms with Crippen molar-refractivity contribution < 1.29 is 0 Å². The normalized spacial score (nSPS) is 37.2. The van der Waals surface area contributed by atoms with Crippen LogP contribution in [0.4, 0.5) is 0 Å². The molecule has 0 N–H and O–H groups in total. The summed E-state index contributed by atoms with van der Waals surface area (Å²) in [6.07, 6.45) is 23.3. The fraction of sp³-hybridized carbons (Fsp3) is 0.682. The third kappa shape index (κ3) is 3.73. The highest BCUT2D eigenvalue weighted by atomic mass is 15.1. The molecule has 2 saturated carbocycles. The van der Waals surface area contributed by atoms with Gasteiger partial charge in [0.2, 0.25) is 0 Å². The molecule has 1 heteroatoms. The number of nitrogens with zero attached hydrogens (tertiary/aromatic N) is 1. The summed E-state index contributed by atoms with van der Waals surface area (Å²) in [4.78, 5) is 2.51. The van der Waals surface area contributed by atoms with E-state index in [-0.39, 0.29) is 0 Å². The van der Waals surface area contributed by atoms with Gasteiger partial charge in [0.05, 0.1) is 0 Å². The molecular weight excluding hydrogens is 278 g/mol. The summed E-state index contributed by atoms with van der Waals surface area (Å²) in [6, 6.07) is 0. The van der Waals surface area contributed by atoms with Crippen molar-refractivity contribution in [1.29, 1.82) is 0 Å². The van der Waals surface area contributed by atoms with Crippen molar-refractivity contribution in [1.82, 2.24) is 4.90 Å². The maximum Gasteiger partial charge on any atom is 0.0244 e.